The SMILES string of the molecule is Cc1ccc2[nH]cc(C(C)CC(=O)N3C4CC5CC3CC(O)(C5)C4)c2c1Cl.Cc1ccc2c(c1Cl)C(C(C)CC(=O)N1C3CC4CC1CC(O)(C4)C3)C(=O)N2. The van der Waals surface area contributed by atoms with Crippen molar-refractivity contribution in [2.45, 2.75) is 152 Å². The Balaban J connectivity index is 0.000000144. The number of carbonyl (C=O) groups is 3. The van der Waals surface area contributed by atoms with Gasteiger partial charge in [-0.2, -0.15) is 0 Å². The molecule has 5 aliphatic heterocycles. The lowest BCUT2D eigenvalue weighted by molar-refractivity contribution is -0.176. The van der Waals surface area contributed by atoms with Gasteiger partial charge in [0.15, 0.2) is 0 Å². The monoisotopic (exact) mass is 788 g/mol. The Labute approximate surface area is 333 Å². The van der Waals surface area contributed by atoms with E-state index in [1.165, 1.54) is 0 Å². The highest BCUT2D eigenvalue weighted by Gasteiger charge is 2.56. The summed E-state index contributed by atoms with van der Waals surface area (Å²) in [6, 6.07) is 8.65. The summed E-state index contributed by atoms with van der Waals surface area (Å²) in [5, 5.41) is 26.9. The van der Waals surface area contributed by atoms with Gasteiger partial charge < -0.3 is 30.3 Å². The van der Waals surface area contributed by atoms with E-state index in [1.807, 2.05) is 50.1 Å². The summed E-state index contributed by atoms with van der Waals surface area (Å²) in [5.41, 5.74) is 4.67. The van der Waals surface area contributed by atoms with Crippen LogP contribution in [0.4, 0.5) is 5.69 Å². The Hall–Kier alpha value is -3.11. The topological polar surface area (TPSA) is 126 Å². The fourth-order valence-electron chi connectivity index (χ4n) is 12.7. The number of nitrogens with one attached hydrogen (secondary N) is 2. The summed E-state index contributed by atoms with van der Waals surface area (Å²) in [5.74, 6) is 1.01. The summed E-state index contributed by atoms with van der Waals surface area (Å²) in [6.07, 6.45) is 11.8. The Kier molecular flexibility index (Phi) is 9.19. The van der Waals surface area contributed by atoms with Gasteiger partial charge in [-0.1, -0.05) is 49.2 Å². The van der Waals surface area contributed by atoms with E-state index in [-0.39, 0.29) is 53.7 Å². The summed E-state index contributed by atoms with van der Waals surface area (Å²) < 4.78 is 0. The molecule has 4 saturated carbocycles. The molecule has 9 nitrogen and oxygen atoms in total. The van der Waals surface area contributed by atoms with Gasteiger partial charge in [0.1, 0.15) is 0 Å². The minimum Gasteiger partial charge on any atom is -0.390 e. The molecular formula is C44H54Cl2N4O5. The number of piperidine rings is 4. The number of anilines is 1. The normalized spacial score (nSPS) is 34.8. The minimum atomic E-state index is -0.561. The van der Waals surface area contributed by atoms with Gasteiger partial charge in [-0.15, -0.1) is 0 Å². The van der Waals surface area contributed by atoms with Gasteiger partial charge in [0, 0.05) is 70.4 Å². The maximum absolute atomic E-state index is 13.3. The molecule has 55 heavy (non-hydrogen) atoms. The predicted molar refractivity (Wildman–Crippen MR) is 214 cm³/mol. The molecule has 4 N–H and O–H groups in total. The smallest absolute Gasteiger partial charge is 0.232 e. The van der Waals surface area contributed by atoms with Gasteiger partial charge in [-0.25, -0.2) is 0 Å². The molecule has 12 rings (SSSR count). The van der Waals surface area contributed by atoms with Crippen molar-refractivity contribution in [2.75, 3.05) is 5.32 Å². The first-order chi connectivity index (χ1) is 26.1. The predicted octanol–water partition coefficient (Wildman–Crippen LogP) is 8.14. The van der Waals surface area contributed by atoms with E-state index in [1.54, 1.807) is 0 Å². The van der Waals surface area contributed by atoms with Gasteiger partial charge in [0.2, 0.25) is 17.7 Å². The molecule has 7 atom stereocenters. The molecule has 7 unspecified atom stereocenters. The molecule has 3 amide bonds. The number of rotatable bonds is 6. The second kappa shape index (κ2) is 13.5. The summed E-state index contributed by atoms with van der Waals surface area (Å²) >= 11 is 13.1. The number of halogens is 2. The van der Waals surface area contributed by atoms with Crippen molar-refractivity contribution in [3.8, 4) is 0 Å². The van der Waals surface area contributed by atoms with E-state index in [4.69, 9.17) is 23.2 Å². The number of H-pyrrole nitrogens is 1. The van der Waals surface area contributed by atoms with Crippen LogP contribution < -0.4 is 5.32 Å². The average Bonchev–Trinajstić information content (AvgIpc) is 3.68. The molecule has 6 heterocycles. The van der Waals surface area contributed by atoms with Gasteiger partial charge in [-0.3, -0.25) is 14.4 Å². The van der Waals surface area contributed by atoms with Crippen molar-refractivity contribution in [3.05, 3.63) is 62.8 Å². The van der Waals surface area contributed by atoms with Crippen molar-refractivity contribution in [1.29, 1.82) is 0 Å². The Morgan fingerprint density at radius 2 is 1.29 bits per heavy atom. The quantitative estimate of drug-likeness (QED) is 0.201. The third kappa shape index (κ3) is 6.40. The average molecular weight is 790 g/mol. The molecule has 8 fully saturated rings. The number of aryl methyl sites for hydroxylation is 2. The number of hydrogen-bond acceptors (Lipinski definition) is 5. The number of aliphatic hydroxyl groups is 2. The Bertz CT molecular complexity index is 2050. The van der Waals surface area contributed by atoms with E-state index in [0.29, 0.717) is 42.5 Å². The van der Waals surface area contributed by atoms with Gasteiger partial charge >= 0.3 is 0 Å². The van der Waals surface area contributed by atoms with Crippen molar-refractivity contribution >= 4 is 57.5 Å². The van der Waals surface area contributed by atoms with Crippen molar-refractivity contribution < 1.29 is 24.6 Å². The highest BCUT2D eigenvalue weighted by molar-refractivity contribution is 6.36. The highest BCUT2D eigenvalue weighted by atomic mass is 35.5. The first-order valence-electron chi connectivity index (χ1n) is 20.5. The maximum Gasteiger partial charge on any atom is 0.232 e. The molecule has 9 aliphatic rings. The molecule has 4 aliphatic carbocycles. The van der Waals surface area contributed by atoms with Crippen LogP contribution in [0.25, 0.3) is 10.9 Å². The fourth-order valence-corrected chi connectivity index (χ4v) is 13.2. The van der Waals surface area contributed by atoms with Crippen LogP contribution in [0.1, 0.15) is 125 Å². The molecule has 0 radical (unpaired) electrons. The third-order valence-electron chi connectivity index (χ3n) is 14.7. The molecule has 2 aromatic carbocycles. The number of aromatic nitrogens is 1. The molecule has 3 aromatic rings. The Morgan fingerprint density at radius 3 is 1.84 bits per heavy atom. The number of nitrogens with zero attached hydrogens (tertiary/aromatic N) is 2. The van der Waals surface area contributed by atoms with Crippen LogP contribution in [-0.4, -0.2) is 78.1 Å². The van der Waals surface area contributed by atoms with Gasteiger partial charge in [-0.05, 0) is 131 Å². The van der Waals surface area contributed by atoms with Crippen LogP contribution in [0.5, 0.6) is 0 Å². The standard InChI is InChI=1S/C22H27ClN2O3.C22H27ClN2O2/c1-11-3-4-16-19(20(11)23)18(21(27)24-16)12(2)5-17(26)25-14-6-13-7-15(25)10-22(28,8-13)9-14;1-12-3-4-18-20(21(12)23)17(11-24-18)13(2)5-19(26)25-15-6-14-7-16(25)10-22(27,8-14)9-15/h3-4,12-15,18,28H,5-10H2,1-2H3,(H,24,27);3-4,11,13-16,24,27H,5-10H2,1-2H3. The zero-order chi connectivity index (χ0) is 38.7. The number of aromatic amines is 1. The minimum absolute atomic E-state index is 0.0720. The lowest BCUT2D eigenvalue weighted by Gasteiger charge is -2.59. The van der Waals surface area contributed by atoms with Crippen molar-refractivity contribution in [1.82, 2.24) is 14.8 Å². The van der Waals surface area contributed by atoms with E-state index >= 15 is 0 Å². The zero-order valence-corrected chi connectivity index (χ0v) is 33.8. The molecule has 4 saturated heterocycles. The van der Waals surface area contributed by atoms with E-state index in [2.05, 4.69) is 28.2 Å². The molecule has 0 spiro atoms. The van der Waals surface area contributed by atoms with E-state index < -0.39 is 17.1 Å². The second-order valence-corrected chi connectivity index (χ2v) is 19.6. The van der Waals surface area contributed by atoms with Gasteiger partial charge in [0.05, 0.1) is 22.1 Å². The van der Waals surface area contributed by atoms with Crippen LogP contribution >= 0.6 is 23.2 Å². The lowest BCUT2D eigenvalue weighted by atomic mass is 9.61. The number of fused-ring (bicyclic) bond motifs is 2. The van der Waals surface area contributed by atoms with Crippen LogP contribution in [0, 0.1) is 31.6 Å². The lowest BCUT2D eigenvalue weighted by Crippen LogP contribution is -2.65. The van der Waals surface area contributed by atoms with Crippen molar-refractivity contribution in [2.24, 2.45) is 17.8 Å². The summed E-state index contributed by atoms with van der Waals surface area (Å²) in [4.78, 5) is 46.6. The van der Waals surface area contributed by atoms with Crippen molar-refractivity contribution in [3.63, 3.8) is 0 Å². The molecular weight excluding hydrogens is 735 g/mol. The van der Waals surface area contributed by atoms with E-state index in [0.717, 1.165) is 95.2 Å². The number of carbonyl (C=O) groups excluding carboxylic acids is 3. The van der Waals surface area contributed by atoms with E-state index in [9.17, 15) is 24.6 Å². The maximum atomic E-state index is 13.3. The number of benzene rings is 2. The first-order valence-corrected chi connectivity index (χ1v) is 21.3. The molecule has 11 heteroatoms. The van der Waals surface area contributed by atoms with Crippen LogP contribution in [0.2, 0.25) is 10.0 Å². The highest BCUT2D eigenvalue weighted by Crippen LogP contribution is 2.53. The van der Waals surface area contributed by atoms with Gasteiger partial charge in [0.25, 0.3) is 0 Å². The summed E-state index contributed by atoms with van der Waals surface area (Å²) in [6.45, 7) is 8.03. The Morgan fingerprint density at radius 1 is 0.782 bits per heavy atom. The van der Waals surface area contributed by atoms with Crippen LogP contribution in [-0.2, 0) is 14.4 Å². The van der Waals surface area contributed by atoms with Crippen LogP contribution in [0.3, 0.4) is 0 Å². The number of amides is 3. The molecule has 1 aromatic heterocycles. The van der Waals surface area contributed by atoms with Crippen LogP contribution in [0.15, 0.2) is 30.5 Å². The first kappa shape index (κ1) is 37.5. The second-order valence-electron chi connectivity index (χ2n) is 18.8. The molecule has 8 bridgehead atoms. The summed E-state index contributed by atoms with van der Waals surface area (Å²) in [7, 11) is 0. The number of hydrogen-bond donors (Lipinski definition) is 4. The largest absolute Gasteiger partial charge is 0.390 e. The molecule has 294 valence electrons. The zero-order valence-electron chi connectivity index (χ0n) is 32.3. The fraction of sp³-hybridized carbons (Fsp3) is 0.614. The third-order valence-corrected chi connectivity index (χ3v) is 15.7.